The first-order valence-electron chi connectivity index (χ1n) is 5.13. The predicted octanol–water partition coefficient (Wildman–Crippen LogP) is 6.41. The summed E-state index contributed by atoms with van der Waals surface area (Å²) in [5.74, 6) is -1.28. The minimum Gasteiger partial charge on any atom is -0.207 e. The van der Waals surface area contributed by atoms with Crippen LogP contribution < -0.4 is 0 Å². The third kappa shape index (κ3) is 3.22. The maximum absolute atomic E-state index is 13.8. The van der Waals surface area contributed by atoms with Crippen LogP contribution in [0.1, 0.15) is 16.0 Å². The number of benzene rings is 2. The van der Waals surface area contributed by atoms with Crippen molar-refractivity contribution in [3.05, 3.63) is 68.2 Å². The van der Waals surface area contributed by atoms with E-state index in [0.29, 0.717) is 15.6 Å². The van der Waals surface area contributed by atoms with Crippen LogP contribution in [0.25, 0.3) is 0 Å². The van der Waals surface area contributed by atoms with E-state index in [1.165, 1.54) is 0 Å². The van der Waals surface area contributed by atoms with Crippen LogP contribution in [0, 0.1) is 11.6 Å². The number of hydrogen-bond acceptors (Lipinski definition) is 0. The Balaban J connectivity index is 2.46. The second kappa shape index (κ2) is 5.96. The van der Waals surface area contributed by atoms with Crippen LogP contribution in [0.15, 0.2) is 30.3 Å². The van der Waals surface area contributed by atoms with Gasteiger partial charge in [-0.2, -0.15) is 0 Å². The van der Waals surface area contributed by atoms with Crippen LogP contribution >= 0.6 is 50.7 Å². The minimum atomic E-state index is -0.678. The molecule has 6 heteroatoms. The first kappa shape index (κ1) is 15.0. The van der Waals surface area contributed by atoms with Gasteiger partial charge in [-0.25, -0.2) is 8.78 Å². The number of alkyl halides is 1. The molecule has 100 valence electrons. The molecule has 0 spiro atoms. The second-order valence-corrected chi connectivity index (χ2v) is 5.96. The quantitative estimate of drug-likeness (QED) is 0.413. The summed E-state index contributed by atoms with van der Waals surface area (Å²) in [6.07, 6.45) is 0. The molecule has 0 heterocycles. The second-order valence-electron chi connectivity index (χ2n) is 3.82. The number of halogens is 6. The van der Waals surface area contributed by atoms with Crippen LogP contribution in [-0.4, -0.2) is 0 Å². The van der Waals surface area contributed by atoms with E-state index in [9.17, 15) is 8.78 Å². The largest absolute Gasteiger partial charge is 0.207 e. The van der Waals surface area contributed by atoms with E-state index < -0.39 is 16.5 Å². The Bertz CT molecular complexity index is 632. The maximum atomic E-state index is 13.8. The lowest BCUT2D eigenvalue weighted by Crippen LogP contribution is -1.98. The summed E-state index contributed by atoms with van der Waals surface area (Å²) < 4.78 is 27.2. The van der Waals surface area contributed by atoms with Crippen molar-refractivity contribution >= 4 is 50.7 Å². The normalized spacial score (nSPS) is 12.5. The lowest BCUT2D eigenvalue weighted by atomic mass is 10.0. The molecule has 0 fully saturated rings. The summed E-state index contributed by atoms with van der Waals surface area (Å²) in [4.78, 5) is -0.547. The molecule has 0 aliphatic heterocycles. The van der Waals surface area contributed by atoms with Gasteiger partial charge >= 0.3 is 0 Å². The molecule has 0 N–H and O–H groups in total. The van der Waals surface area contributed by atoms with Crippen LogP contribution in [0.4, 0.5) is 8.78 Å². The molecule has 0 bridgehead atoms. The van der Waals surface area contributed by atoms with Crippen LogP contribution in [0.3, 0.4) is 0 Å². The molecule has 0 saturated heterocycles. The molecule has 1 atom stereocenters. The van der Waals surface area contributed by atoms with Crippen molar-refractivity contribution in [1.29, 1.82) is 0 Å². The van der Waals surface area contributed by atoms with E-state index >= 15 is 0 Å². The van der Waals surface area contributed by atoms with Crippen LogP contribution in [0.2, 0.25) is 15.1 Å². The van der Waals surface area contributed by atoms with Crippen molar-refractivity contribution in [3.8, 4) is 0 Å². The molecule has 0 nitrogen and oxygen atoms in total. The van der Waals surface area contributed by atoms with Crippen LogP contribution in [0.5, 0.6) is 0 Å². The van der Waals surface area contributed by atoms with Gasteiger partial charge in [0.05, 0.1) is 19.9 Å². The van der Waals surface area contributed by atoms with Crippen molar-refractivity contribution in [3.63, 3.8) is 0 Å². The fourth-order valence-corrected chi connectivity index (χ4v) is 2.67. The molecule has 0 aliphatic rings. The Morgan fingerprint density at radius 1 is 0.842 bits per heavy atom. The van der Waals surface area contributed by atoms with E-state index in [0.717, 1.165) is 12.1 Å². The van der Waals surface area contributed by atoms with Gasteiger partial charge in [0.25, 0.3) is 0 Å². The van der Waals surface area contributed by atoms with Crippen LogP contribution in [-0.2, 0) is 0 Å². The Labute approximate surface area is 132 Å². The van der Waals surface area contributed by atoms with Crippen molar-refractivity contribution in [2.45, 2.75) is 4.83 Å². The SMILES string of the molecule is Fc1cc(C(Br)c2ccc(Cl)c(Cl)c2)c(F)cc1Cl. The van der Waals surface area contributed by atoms with Gasteiger partial charge in [0.2, 0.25) is 0 Å². The summed E-state index contributed by atoms with van der Waals surface area (Å²) >= 11 is 20.5. The lowest BCUT2D eigenvalue weighted by Gasteiger charge is -2.13. The summed E-state index contributed by atoms with van der Waals surface area (Å²) in [7, 11) is 0. The zero-order valence-electron chi connectivity index (χ0n) is 9.23. The van der Waals surface area contributed by atoms with Gasteiger partial charge in [-0.15, -0.1) is 0 Å². The van der Waals surface area contributed by atoms with Crippen molar-refractivity contribution in [1.82, 2.24) is 0 Å². The van der Waals surface area contributed by atoms with E-state index in [4.69, 9.17) is 34.8 Å². The zero-order chi connectivity index (χ0) is 14.2. The van der Waals surface area contributed by atoms with Gasteiger partial charge in [-0.05, 0) is 29.8 Å². The van der Waals surface area contributed by atoms with E-state index in [1.807, 2.05) is 0 Å². The molecule has 2 aromatic carbocycles. The smallest absolute Gasteiger partial charge is 0.142 e. The van der Waals surface area contributed by atoms with E-state index in [1.54, 1.807) is 18.2 Å². The van der Waals surface area contributed by atoms with Gasteiger partial charge < -0.3 is 0 Å². The molecule has 0 aromatic heterocycles. The first-order valence-corrected chi connectivity index (χ1v) is 7.18. The molecule has 19 heavy (non-hydrogen) atoms. The third-order valence-corrected chi connectivity index (χ3v) is 4.60. The zero-order valence-corrected chi connectivity index (χ0v) is 13.1. The first-order chi connectivity index (χ1) is 8.90. The average molecular weight is 386 g/mol. The van der Waals surface area contributed by atoms with Gasteiger partial charge in [0, 0.05) is 5.56 Å². The standard InChI is InChI=1S/C13H6BrCl3F2/c14-13(6-1-2-8(15)9(16)3-6)7-4-12(19)10(17)5-11(7)18/h1-5,13H. The summed E-state index contributed by atoms with van der Waals surface area (Å²) in [5.41, 5.74) is 0.801. The van der Waals surface area contributed by atoms with Crippen molar-refractivity contribution in [2.75, 3.05) is 0 Å². The summed E-state index contributed by atoms with van der Waals surface area (Å²) in [5, 5.41) is 0.487. The third-order valence-electron chi connectivity index (χ3n) is 2.55. The molecule has 0 aliphatic carbocycles. The molecule has 0 radical (unpaired) electrons. The number of rotatable bonds is 2. The van der Waals surface area contributed by atoms with Gasteiger partial charge in [-0.1, -0.05) is 56.8 Å². The molecule has 2 rings (SSSR count). The Kier molecular flexibility index (Phi) is 4.72. The molecular formula is C13H6BrCl3F2. The summed E-state index contributed by atoms with van der Waals surface area (Å²) in [6, 6.07) is 6.87. The lowest BCUT2D eigenvalue weighted by molar-refractivity contribution is 0.588. The molecular weight excluding hydrogens is 380 g/mol. The average Bonchev–Trinajstić information content (AvgIpc) is 2.36. The fourth-order valence-electron chi connectivity index (χ4n) is 1.58. The Hall–Kier alpha value is -0.350. The maximum Gasteiger partial charge on any atom is 0.142 e. The highest BCUT2D eigenvalue weighted by Gasteiger charge is 2.18. The van der Waals surface area contributed by atoms with Gasteiger partial charge in [0.1, 0.15) is 11.6 Å². The number of hydrogen-bond donors (Lipinski definition) is 0. The van der Waals surface area contributed by atoms with E-state index in [-0.39, 0.29) is 10.6 Å². The highest BCUT2D eigenvalue weighted by atomic mass is 79.9. The van der Waals surface area contributed by atoms with E-state index in [2.05, 4.69) is 15.9 Å². The highest BCUT2D eigenvalue weighted by Crippen LogP contribution is 2.36. The topological polar surface area (TPSA) is 0 Å². The monoisotopic (exact) mass is 384 g/mol. The van der Waals surface area contributed by atoms with Crippen molar-refractivity contribution in [2.24, 2.45) is 0 Å². The van der Waals surface area contributed by atoms with Crippen molar-refractivity contribution < 1.29 is 8.78 Å². The molecule has 0 amide bonds. The molecule has 0 saturated carbocycles. The molecule has 1 unspecified atom stereocenters. The van der Waals surface area contributed by atoms with Gasteiger partial charge in [-0.3, -0.25) is 0 Å². The van der Waals surface area contributed by atoms with Gasteiger partial charge in [0.15, 0.2) is 0 Å². The predicted molar refractivity (Wildman–Crippen MR) is 78.6 cm³/mol. The molecule has 2 aromatic rings. The highest BCUT2D eigenvalue weighted by molar-refractivity contribution is 9.09. The Morgan fingerprint density at radius 2 is 1.53 bits per heavy atom. The Morgan fingerprint density at radius 3 is 2.16 bits per heavy atom. The summed E-state index contributed by atoms with van der Waals surface area (Å²) in [6.45, 7) is 0. The fraction of sp³-hybridized carbons (Fsp3) is 0.0769. The minimum absolute atomic E-state index is 0.139.